The number of hydrogen-bond acceptors (Lipinski definition) is 7. The van der Waals surface area contributed by atoms with Gasteiger partial charge in [0.1, 0.15) is 5.75 Å². The van der Waals surface area contributed by atoms with Crippen molar-refractivity contribution in [3.8, 4) is 5.75 Å². The second-order valence-corrected chi connectivity index (χ2v) is 7.85. The first-order chi connectivity index (χ1) is 14.7. The van der Waals surface area contributed by atoms with Crippen LogP contribution in [0, 0.1) is 0 Å². The van der Waals surface area contributed by atoms with Crippen molar-refractivity contribution in [3.05, 3.63) is 36.0 Å². The average Bonchev–Trinajstić information content (AvgIpc) is 3.10. The molecule has 0 bridgehead atoms. The smallest absolute Gasteiger partial charge is 0.260 e. The highest BCUT2D eigenvalue weighted by Gasteiger charge is 2.23. The molecule has 1 saturated carbocycles. The highest BCUT2D eigenvalue weighted by atomic mass is 16.5. The number of nitrogens with one attached hydrogen (secondary N) is 2. The highest BCUT2D eigenvalue weighted by Crippen LogP contribution is 2.31. The van der Waals surface area contributed by atoms with E-state index >= 15 is 0 Å². The maximum absolute atomic E-state index is 13.1. The van der Waals surface area contributed by atoms with Gasteiger partial charge in [-0.3, -0.25) is 9.48 Å². The van der Waals surface area contributed by atoms with Crippen LogP contribution in [0.1, 0.15) is 29.6 Å². The Morgan fingerprint density at radius 3 is 2.73 bits per heavy atom. The molecule has 0 atom stereocenters. The van der Waals surface area contributed by atoms with Crippen molar-refractivity contribution in [2.24, 2.45) is 7.05 Å². The number of rotatable bonds is 5. The summed E-state index contributed by atoms with van der Waals surface area (Å²) < 4.78 is 7.83. The lowest BCUT2D eigenvalue weighted by molar-refractivity contribution is 0.0992. The normalized spacial score (nSPS) is 17.0. The largest absolute Gasteiger partial charge is 0.490 e. The van der Waals surface area contributed by atoms with E-state index in [2.05, 4.69) is 30.8 Å². The predicted octanol–water partition coefficient (Wildman–Crippen LogP) is 1.96. The fourth-order valence-corrected chi connectivity index (χ4v) is 3.76. The summed E-state index contributed by atoms with van der Waals surface area (Å²) in [6.45, 7) is 3.66. The van der Waals surface area contributed by atoms with Crippen LogP contribution in [0.5, 0.6) is 5.75 Å². The van der Waals surface area contributed by atoms with E-state index in [0.29, 0.717) is 17.1 Å². The SMILES string of the molecule is Cn1cc2cc(C(=O)Nc3ccc(N4CCNCC4)nn3)c(OC3CCC3)cc2n1. The Labute approximate surface area is 174 Å². The molecule has 2 aliphatic rings. The summed E-state index contributed by atoms with van der Waals surface area (Å²) in [5, 5.41) is 20.0. The molecule has 1 aliphatic heterocycles. The van der Waals surface area contributed by atoms with Crippen LogP contribution >= 0.6 is 0 Å². The Hall–Kier alpha value is -3.20. The van der Waals surface area contributed by atoms with Crippen molar-refractivity contribution in [1.29, 1.82) is 0 Å². The maximum Gasteiger partial charge on any atom is 0.260 e. The van der Waals surface area contributed by atoms with Crippen LogP contribution in [-0.4, -0.2) is 58.2 Å². The number of amides is 1. The number of carbonyl (C=O) groups is 1. The van der Waals surface area contributed by atoms with Gasteiger partial charge in [0.2, 0.25) is 0 Å². The Morgan fingerprint density at radius 2 is 2.03 bits per heavy atom. The van der Waals surface area contributed by atoms with Crippen LogP contribution < -0.4 is 20.3 Å². The van der Waals surface area contributed by atoms with Crippen LogP contribution in [0.4, 0.5) is 11.6 Å². The van der Waals surface area contributed by atoms with Gasteiger partial charge in [0.05, 0.1) is 17.2 Å². The van der Waals surface area contributed by atoms with Gasteiger partial charge in [-0.25, -0.2) is 0 Å². The van der Waals surface area contributed by atoms with Crippen molar-refractivity contribution in [2.75, 3.05) is 36.4 Å². The van der Waals surface area contributed by atoms with Crippen LogP contribution in [0.25, 0.3) is 10.9 Å². The van der Waals surface area contributed by atoms with Gasteiger partial charge >= 0.3 is 0 Å². The molecule has 1 saturated heterocycles. The summed E-state index contributed by atoms with van der Waals surface area (Å²) >= 11 is 0. The van der Waals surface area contributed by atoms with Crippen LogP contribution in [0.2, 0.25) is 0 Å². The van der Waals surface area contributed by atoms with E-state index in [0.717, 1.165) is 62.2 Å². The fraction of sp³-hybridized carbons (Fsp3) is 0.429. The lowest BCUT2D eigenvalue weighted by atomic mass is 9.96. The van der Waals surface area contributed by atoms with Crippen molar-refractivity contribution < 1.29 is 9.53 Å². The third-order valence-electron chi connectivity index (χ3n) is 5.64. The molecule has 2 aromatic heterocycles. The van der Waals surface area contributed by atoms with Gasteiger partial charge in [0.15, 0.2) is 11.6 Å². The van der Waals surface area contributed by atoms with Crippen LogP contribution in [0.15, 0.2) is 30.5 Å². The first-order valence-corrected chi connectivity index (χ1v) is 10.4. The van der Waals surface area contributed by atoms with Crippen molar-refractivity contribution in [3.63, 3.8) is 0 Å². The number of anilines is 2. The summed E-state index contributed by atoms with van der Waals surface area (Å²) in [6, 6.07) is 7.36. The minimum Gasteiger partial charge on any atom is -0.490 e. The summed E-state index contributed by atoms with van der Waals surface area (Å²) in [4.78, 5) is 15.2. The molecule has 1 aliphatic carbocycles. The number of aromatic nitrogens is 4. The van der Waals surface area contributed by atoms with Gasteiger partial charge in [-0.1, -0.05) is 0 Å². The van der Waals surface area contributed by atoms with Crippen molar-refractivity contribution in [1.82, 2.24) is 25.3 Å². The lowest BCUT2D eigenvalue weighted by Gasteiger charge is -2.28. The number of aryl methyl sites for hydroxylation is 1. The quantitative estimate of drug-likeness (QED) is 0.667. The van der Waals surface area contributed by atoms with Gasteiger partial charge in [-0.15, -0.1) is 10.2 Å². The summed E-state index contributed by atoms with van der Waals surface area (Å²) in [5.41, 5.74) is 1.29. The fourth-order valence-electron chi connectivity index (χ4n) is 3.76. The zero-order valence-corrected chi connectivity index (χ0v) is 17.0. The van der Waals surface area contributed by atoms with E-state index in [1.54, 1.807) is 10.7 Å². The molecule has 1 aromatic carbocycles. The number of piperazine rings is 1. The molecule has 0 radical (unpaired) electrons. The van der Waals surface area contributed by atoms with Gasteiger partial charge in [0.25, 0.3) is 5.91 Å². The Morgan fingerprint density at radius 1 is 1.20 bits per heavy atom. The van der Waals surface area contributed by atoms with Crippen LogP contribution in [-0.2, 0) is 7.05 Å². The molecule has 1 amide bonds. The zero-order valence-electron chi connectivity index (χ0n) is 17.0. The number of fused-ring (bicyclic) bond motifs is 1. The summed E-state index contributed by atoms with van der Waals surface area (Å²) in [5.74, 6) is 1.54. The molecule has 2 fully saturated rings. The first kappa shape index (κ1) is 18.8. The molecule has 9 heteroatoms. The van der Waals surface area contributed by atoms with E-state index in [4.69, 9.17) is 4.74 Å². The second-order valence-electron chi connectivity index (χ2n) is 7.85. The summed E-state index contributed by atoms with van der Waals surface area (Å²) in [6.07, 6.45) is 5.24. The topological polar surface area (TPSA) is 97.2 Å². The minimum atomic E-state index is -0.265. The average molecular weight is 407 g/mol. The molecular weight excluding hydrogens is 382 g/mol. The number of benzene rings is 1. The van der Waals surface area contributed by atoms with E-state index in [9.17, 15) is 4.79 Å². The predicted molar refractivity (Wildman–Crippen MR) is 114 cm³/mol. The van der Waals surface area contributed by atoms with E-state index in [1.165, 1.54) is 0 Å². The molecule has 3 aromatic rings. The standard InChI is InChI=1S/C21H25N7O2/c1-27-13-14-11-16(18(12-17(14)26-27)30-15-3-2-4-15)21(29)23-19-5-6-20(25-24-19)28-9-7-22-8-10-28/h5-6,11-13,15,22H,2-4,7-10H2,1H3,(H,23,24,29). The lowest BCUT2D eigenvalue weighted by Crippen LogP contribution is -2.43. The molecule has 9 nitrogen and oxygen atoms in total. The van der Waals surface area contributed by atoms with Gasteiger partial charge in [-0.05, 0) is 37.5 Å². The maximum atomic E-state index is 13.1. The Balaban J connectivity index is 1.37. The number of ether oxygens (including phenoxy) is 1. The Bertz CT molecular complexity index is 1050. The molecule has 30 heavy (non-hydrogen) atoms. The molecule has 156 valence electrons. The highest BCUT2D eigenvalue weighted by molar-refractivity contribution is 6.08. The molecule has 5 rings (SSSR count). The van der Waals surface area contributed by atoms with Gasteiger partial charge < -0.3 is 20.3 Å². The van der Waals surface area contributed by atoms with Crippen LogP contribution in [0.3, 0.4) is 0 Å². The Kier molecular flexibility index (Phi) is 4.96. The molecule has 0 unspecified atom stereocenters. The molecule has 0 spiro atoms. The number of hydrogen-bond donors (Lipinski definition) is 2. The molecular formula is C21H25N7O2. The second kappa shape index (κ2) is 7.91. The van der Waals surface area contributed by atoms with Crippen molar-refractivity contribution in [2.45, 2.75) is 25.4 Å². The third kappa shape index (κ3) is 3.80. The van der Waals surface area contributed by atoms with Crippen molar-refractivity contribution >= 4 is 28.4 Å². The zero-order chi connectivity index (χ0) is 20.5. The number of nitrogens with zero attached hydrogens (tertiary/aromatic N) is 5. The third-order valence-corrected chi connectivity index (χ3v) is 5.64. The summed E-state index contributed by atoms with van der Waals surface area (Å²) in [7, 11) is 1.86. The molecule has 2 N–H and O–H groups in total. The monoisotopic (exact) mass is 407 g/mol. The van der Waals surface area contributed by atoms with E-state index in [1.807, 2.05) is 31.4 Å². The van der Waals surface area contributed by atoms with E-state index < -0.39 is 0 Å². The first-order valence-electron chi connectivity index (χ1n) is 10.4. The molecule has 3 heterocycles. The van der Waals surface area contributed by atoms with Gasteiger partial charge in [-0.2, -0.15) is 5.10 Å². The van der Waals surface area contributed by atoms with Gasteiger partial charge in [0, 0.05) is 50.9 Å². The van der Waals surface area contributed by atoms with E-state index in [-0.39, 0.29) is 12.0 Å². The number of carbonyl (C=O) groups excluding carboxylic acids is 1. The minimum absolute atomic E-state index is 0.163.